The van der Waals surface area contributed by atoms with Crippen LogP contribution in [-0.2, 0) is 9.53 Å². The highest BCUT2D eigenvalue weighted by Crippen LogP contribution is 2.49. The zero-order valence-corrected chi connectivity index (χ0v) is 6.64. The predicted molar refractivity (Wildman–Crippen MR) is 38.6 cm³/mol. The lowest BCUT2D eigenvalue weighted by molar-refractivity contribution is -0.149. The van der Waals surface area contributed by atoms with E-state index in [0.29, 0.717) is 6.61 Å². The van der Waals surface area contributed by atoms with E-state index >= 15 is 0 Å². The van der Waals surface area contributed by atoms with Crippen LogP contribution in [0.5, 0.6) is 0 Å². The number of hydrogen-bond acceptors (Lipinski definition) is 2. The Morgan fingerprint density at radius 2 is 2.10 bits per heavy atom. The molecule has 1 fully saturated rings. The van der Waals surface area contributed by atoms with E-state index in [4.69, 9.17) is 4.74 Å². The Balaban J connectivity index is 2.40. The third kappa shape index (κ3) is 1.15. The molecule has 0 aromatic carbocycles. The molecule has 0 unspecified atom stereocenters. The summed E-state index contributed by atoms with van der Waals surface area (Å²) >= 11 is 0. The molecule has 0 amide bonds. The van der Waals surface area contributed by atoms with Crippen molar-refractivity contribution in [3.8, 4) is 0 Å². The average Bonchev–Trinajstić information content (AvgIpc) is 2.68. The minimum atomic E-state index is -0.0595. The number of rotatable bonds is 3. The monoisotopic (exact) mass is 142 g/mol. The summed E-state index contributed by atoms with van der Waals surface area (Å²) < 4.78 is 4.92. The molecule has 2 heteroatoms. The second-order valence-corrected chi connectivity index (χ2v) is 2.85. The molecule has 0 atom stereocenters. The summed E-state index contributed by atoms with van der Waals surface area (Å²) in [5, 5.41) is 0. The summed E-state index contributed by atoms with van der Waals surface area (Å²) in [6.45, 7) is 4.41. The van der Waals surface area contributed by atoms with Gasteiger partial charge in [-0.3, -0.25) is 4.79 Å². The van der Waals surface area contributed by atoms with Crippen molar-refractivity contribution in [3.63, 3.8) is 0 Å². The van der Waals surface area contributed by atoms with Crippen molar-refractivity contribution < 1.29 is 9.53 Å². The van der Waals surface area contributed by atoms with Crippen molar-refractivity contribution in [2.75, 3.05) is 6.61 Å². The number of ether oxygens (including phenoxy) is 1. The van der Waals surface area contributed by atoms with E-state index in [1.54, 1.807) is 0 Å². The molecule has 0 aliphatic heterocycles. The lowest BCUT2D eigenvalue weighted by atomic mass is 10.1. The smallest absolute Gasteiger partial charge is 0.312 e. The molecule has 58 valence electrons. The lowest BCUT2D eigenvalue weighted by Crippen LogP contribution is -2.17. The van der Waals surface area contributed by atoms with Crippen molar-refractivity contribution >= 4 is 5.97 Å². The molecule has 0 aromatic heterocycles. The molecule has 0 aromatic rings. The maximum Gasteiger partial charge on any atom is 0.312 e. The van der Waals surface area contributed by atoms with Gasteiger partial charge in [0, 0.05) is 0 Å². The Hall–Kier alpha value is -0.530. The molecule has 1 aliphatic rings. The van der Waals surface area contributed by atoms with Gasteiger partial charge in [-0.2, -0.15) is 0 Å². The lowest BCUT2D eigenvalue weighted by Gasteiger charge is -2.09. The van der Waals surface area contributed by atoms with Crippen LogP contribution in [0.2, 0.25) is 0 Å². The standard InChI is InChI=1S/C8H14O2/c1-3-8(5-6-8)7(9)10-4-2/h3-6H2,1-2H3. The number of carbonyl (C=O) groups is 1. The van der Waals surface area contributed by atoms with Crippen LogP contribution >= 0.6 is 0 Å². The first-order chi connectivity index (χ1) is 4.75. The Morgan fingerprint density at radius 1 is 1.50 bits per heavy atom. The molecule has 0 radical (unpaired) electrons. The van der Waals surface area contributed by atoms with Gasteiger partial charge in [0.05, 0.1) is 12.0 Å². The summed E-state index contributed by atoms with van der Waals surface area (Å²) in [5.74, 6) is 0.0116. The molecular weight excluding hydrogens is 128 g/mol. The summed E-state index contributed by atoms with van der Waals surface area (Å²) in [6, 6.07) is 0. The summed E-state index contributed by atoms with van der Waals surface area (Å²) in [5.41, 5.74) is -0.0595. The number of hydrogen-bond donors (Lipinski definition) is 0. The van der Waals surface area contributed by atoms with Gasteiger partial charge < -0.3 is 4.74 Å². The highest BCUT2D eigenvalue weighted by Gasteiger charge is 2.49. The van der Waals surface area contributed by atoms with Gasteiger partial charge in [0.15, 0.2) is 0 Å². The minimum Gasteiger partial charge on any atom is -0.466 e. The third-order valence-corrected chi connectivity index (χ3v) is 2.24. The van der Waals surface area contributed by atoms with Crippen LogP contribution < -0.4 is 0 Å². The maximum absolute atomic E-state index is 11.1. The molecule has 0 N–H and O–H groups in total. The topological polar surface area (TPSA) is 26.3 Å². The van der Waals surface area contributed by atoms with Gasteiger partial charge in [-0.25, -0.2) is 0 Å². The molecule has 1 aliphatic carbocycles. The van der Waals surface area contributed by atoms with E-state index in [0.717, 1.165) is 19.3 Å². The summed E-state index contributed by atoms with van der Waals surface area (Å²) in [7, 11) is 0. The maximum atomic E-state index is 11.1. The van der Waals surface area contributed by atoms with Crippen LogP contribution in [0.25, 0.3) is 0 Å². The molecule has 0 bridgehead atoms. The fraction of sp³-hybridized carbons (Fsp3) is 0.875. The Morgan fingerprint density at radius 3 is 2.40 bits per heavy atom. The van der Waals surface area contributed by atoms with Gasteiger partial charge in [0.1, 0.15) is 0 Å². The van der Waals surface area contributed by atoms with Gasteiger partial charge in [-0.05, 0) is 26.2 Å². The molecule has 0 spiro atoms. The summed E-state index contributed by atoms with van der Waals surface area (Å²) in [4.78, 5) is 11.1. The normalized spacial score (nSPS) is 20.2. The van der Waals surface area contributed by atoms with E-state index in [9.17, 15) is 4.79 Å². The zero-order valence-electron chi connectivity index (χ0n) is 6.64. The molecule has 0 saturated heterocycles. The van der Waals surface area contributed by atoms with Gasteiger partial charge >= 0.3 is 5.97 Å². The van der Waals surface area contributed by atoms with Crippen molar-refractivity contribution in [1.82, 2.24) is 0 Å². The Labute approximate surface area is 61.6 Å². The van der Waals surface area contributed by atoms with Gasteiger partial charge in [-0.1, -0.05) is 6.92 Å². The average molecular weight is 142 g/mol. The first-order valence-corrected chi connectivity index (χ1v) is 3.92. The molecule has 2 nitrogen and oxygen atoms in total. The Kier molecular flexibility index (Phi) is 1.97. The number of esters is 1. The SMILES string of the molecule is CCOC(=O)C1(CC)CC1. The number of carbonyl (C=O) groups excluding carboxylic acids is 1. The first-order valence-electron chi connectivity index (χ1n) is 3.92. The van der Waals surface area contributed by atoms with Crippen LogP contribution in [-0.4, -0.2) is 12.6 Å². The highest BCUT2D eigenvalue weighted by molar-refractivity contribution is 5.79. The molecule has 1 saturated carbocycles. The molecular formula is C8H14O2. The minimum absolute atomic E-state index is 0.0116. The fourth-order valence-electron chi connectivity index (χ4n) is 1.14. The molecule has 10 heavy (non-hydrogen) atoms. The van der Waals surface area contributed by atoms with E-state index in [2.05, 4.69) is 0 Å². The quantitative estimate of drug-likeness (QED) is 0.561. The van der Waals surface area contributed by atoms with E-state index in [-0.39, 0.29) is 11.4 Å². The van der Waals surface area contributed by atoms with E-state index in [1.165, 1.54) is 0 Å². The van der Waals surface area contributed by atoms with Crippen LogP contribution in [0.1, 0.15) is 33.1 Å². The van der Waals surface area contributed by atoms with Gasteiger partial charge in [0.2, 0.25) is 0 Å². The van der Waals surface area contributed by atoms with Gasteiger partial charge in [0.25, 0.3) is 0 Å². The second-order valence-electron chi connectivity index (χ2n) is 2.85. The van der Waals surface area contributed by atoms with Crippen molar-refractivity contribution in [2.24, 2.45) is 5.41 Å². The zero-order chi connectivity index (χ0) is 7.61. The van der Waals surface area contributed by atoms with Crippen molar-refractivity contribution in [3.05, 3.63) is 0 Å². The highest BCUT2D eigenvalue weighted by atomic mass is 16.5. The van der Waals surface area contributed by atoms with Crippen molar-refractivity contribution in [2.45, 2.75) is 33.1 Å². The van der Waals surface area contributed by atoms with Crippen LogP contribution in [0, 0.1) is 5.41 Å². The first kappa shape index (κ1) is 7.58. The largest absolute Gasteiger partial charge is 0.466 e. The van der Waals surface area contributed by atoms with Crippen molar-refractivity contribution in [1.29, 1.82) is 0 Å². The van der Waals surface area contributed by atoms with Crippen LogP contribution in [0.3, 0.4) is 0 Å². The predicted octanol–water partition coefficient (Wildman–Crippen LogP) is 1.74. The second kappa shape index (κ2) is 2.60. The Bertz CT molecular complexity index is 136. The van der Waals surface area contributed by atoms with E-state index < -0.39 is 0 Å². The van der Waals surface area contributed by atoms with Crippen LogP contribution in [0.15, 0.2) is 0 Å². The van der Waals surface area contributed by atoms with Gasteiger partial charge in [-0.15, -0.1) is 0 Å². The summed E-state index contributed by atoms with van der Waals surface area (Å²) in [6.07, 6.45) is 3.00. The fourth-order valence-corrected chi connectivity index (χ4v) is 1.14. The van der Waals surface area contributed by atoms with Crippen LogP contribution in [0.4, 0.5) is 0 Å². The third-order valence-electron chi connectivity index (χ3n) is 2.24. The van der Waals surface area contributed by atoms with E-state index in [1.807, 2.05) is 13.8 Å². The molecule has 1 rings (SSSR count). The molecule has 0 heterocycles.